The number of aromatic nitrogens is 2. The van der Waals surface area contributed by atoms with Crippen molar-refractivity contribution in [1.82, 2.24) is 15.0 Å². The van der Waals surface area contributed by atoms with Crippen molar-refractivity contribution in [1.29, 1.82) is 0 Å². The second-order valence-corrected chi connectivity index (χ2v) is 4.35. The van der Waals surface area contributed by atoms with Crippen LogP contribution in [0.3, 0.4) is 0 Å². The third-order valence-corrected chi connectivity index (χ3v) is 2.89. The molecule has 90 valence electrons. The zero-order valence-electron chi connectivity index (χ0n) is 10.1. The van der Waals surface area contributed by atoms with Crippen LogP contribution in [0.25, 0.3) is 5.52 Å². The van der Waals surface area contributed by atoms with Gasteiger partial charge in [-0.25, -0.2) is 4.52 Å². The largest absolute Gasteiger partial charge is 0.271 e. The van der Waals surface area contributed by atoms with Gasteiger partial charge in [0.2, 0.25) is 0 Å². The molecule has 2 aromatic rings. The van der Waals surface area contributed by atoms with Crippen molar-refractivity contribution in [2.75, 3.05) is 0 Å². The van der Waals surface area contributed by atoms with E-state index in [1.165, 1.54) is 5.57 Å². The number of hydrogen-bond acceptors (Lipinski definition) is 3. The summed E-state index contributed by atoms with van der Waals surface area (Å²) in [4.78, 5) is 0. The summed E-state index contributed by atoms with van der Waals surface area (Å²) < 4.78 is 1.86. The minimum atomic E-state index is 0.117. The molecule has 0 aromatic carbocycles. The summed E-state index contributed by atoms with van der Waals surface area (Å²) in [6, 6.07) is 6.13. The first-order chi connectivity index (χ1) is 8.22. The Kier molecular flexibility index (Phi) is 3.56. The van der Waals surface area contributed by atoms with Crippen LogP contribution in [0, 0.1) is 0 Å². The average Bonchev–Trinajstić information content (AvgIpc) is 2.74. The predicted molar refractivity (Wildman–Crippen MR) is 69.3 cm³/mol. The molecular formula is C13H18N4. The smallest absolute Gasteiger partial charge is 0.0709 e. The molecule has 2 aromatic heterocycles. The minimum absolute atomic E-state index is 0.117. The molecule has 0 aliphatic carbocycles. The zero-order valence-corrected chi connectivity index (χ0v) is 10.1. The number of rotatable bonds is 5. The fourth-order valence-corrected chi connectivity index (χ4v) is 1.94. The van der Waals surface area contributed by atoms with Crippen LogP contribution in [0.15, 0.2) is 42.7 Å². The van der Waals surface area contributed by atoms with Crippen LogP contribution in [0.5, 0.6) is 0 Å². The number of pyridine rings is 1. The van der Waals surface area contributed by atoms with Crippen LogP contribution in [0.4, 0.5) is 0 Å². The number of hydrazine groups is 1. The molecule has 0 amide bonds. The van der Waals surface area contributed by atoms with Crippen LogP contribution in [-0.4, -0.2) is 9.61 Å². The maximum absolute atomic E-state index is 5.62. The highest BCUT2D eigenvalue weighted by Gasteiger charge is 2.14. The molecule has 17 heavy (non-hydrogen) atoms. The highest BCUT2D eigenvalue weighted by atomic mass is 15.3. The molecule has 3 N–H and O–H groups in total. The number of hydrogen-bond donors (Lipinski definition) is 2. The Morgan fingerprint density at radius 1 is 1.59 bits per heavy atom. The summed E-state index contributed by atoms with van der Waals surface area (Å²) in [6.07, 6.45) is 5.70. The molecule has 0 bridgehead atoms. The maximum atomic E-state index is 5.62. The molecule has 4 nitrogen and oxygen atoms in total. The summed E-state index contributed by atoms with van der Waals surface area (Å²) >= 11 is 0. The summed E-state index contributed by atoms with van der Waals surface area (Å²) in [5, 5.41) is 4.31. The minimum Gasteiger partial charge on any atom is -0.271 e. The summed E-state index contributed by atoms with van der Waals surface area (Å²) in [5.74, 6) is 5.62. The van der Waals surface area contributed by atoms with E-state index in [-0.39, 0.29) is 6.04 Å². The molecule has 0 fully saturated rings. The van der Waals surface area contributed by atoms with Gasteiger partial charge in [-0.3, -0.25) is 11.3 Å². The van der Waals surface area contributed by atoms with Gasteiger partial charge < -0.3 is 0 Å². The van der Waals surface area contributed by atoms with Crippen LogP contribution in [0.1, 0.15) is 31.4 Å². The molecule has 1 unspecified atom stereocenters. The van der Waals surface area contributed by atoms with E-state index in [9.17, 15) is 0 Å². The van der Waals surface area contributed by atoms with Gasteiger partial charge >= 0.3 is 0 Å². The zero-order chi connectivity index (χ0) is 12.3. The van der Waals surface area contributed by atoms with Gasteiger partial charge in [0, 0.05) is 17.8 Å². The molecular weight excluding hydrogens is 212 g/mol. The first kappa shape index (κ1) is 11.8. The molecule has 0 aliphatic rings. The Bertz CT molecular complexity index is 515. The topological polar surface area (TPSA) is 55.3 Å². The number of nitrogens with zero attached hydrogens (tertiary/aromatic N) is 2. The van der Waals surface area contributed by atoms with Gasteiger partial charge in [-0.1, -0.05) is 11.6 Å². The lowest BCUT2D eigenvalue weighted by atomic mass is 10.0. The van der Waals surface area contributed by atoms with Gasteiger partial charge in [0.05, 0.1) is 11.7 Å². The standard InChI is InChI=1S/C13H18N4/c1-10(2)6-7-12(16-14)11-9-15-17-8-4-3-5-13(11)17/h3-5,8-9,12,16H,1,6-7,14H2,2H3. The van der Waals surface area contributed by atoms with E-state index >= 15 is 0 Å². The van der Waals surface area contributed by atoms with Gasteiger partial charge in [-0.2, -0.15) is 5.10 Å². The van der Waals surface area contributed by atoms with Crippen LogP contribution < -0.4 is 11.3 Å². The van der Waals surface area contributed by atoms with Crippen molar-refractivity contribution < 1.29 is 0 Å². The first-order valence-corrected chi connectivity index (χ1v) is 5.75. The lowest BCUT2D eigenvalue weighted by molar-refractivity contribution is 0.518. The SMILES string of the molecule is C=C(C)CCC(NN)c1cnn2ccccc12. The van der Waals surface area contributed by atoms with Crippen molar-refractivity contribution in [2.45, 2.75) is 25.8 Å². The monoisotopic (exact) mass is 230 g/mol. The summed E-state index contributed by atoms with van der Waals surface area (Å²) in [7, 11) is 0. The van der Waals surface area contributed by atoms with E-state index in [1.807, 2.05) is 42.0 Å². The molecule has 0 saturated carbocycles. The highest BCUT2D eigenvalue weighted by Crippen LogP contribution is 2.23. The average molecular weight is 230 g/mol. The molecule has 0 spiro atoms. The number of fused-ring (bicyclic) bond motifs is 1. The van der Waals surface area contributed by atoms with Crippen molar-refractivity contribution in [2.24, 2.45) is 5.84 Å². The summed E-state index contributed by atoms with van der Waals surface area (Å²) in [5.41, 5.74) is 6.25. The Balaban J connectivity index is 2.27. The van der Waals surface area contributed by atoms with Crippen LogP contribution >= 0.6 is 0 Å². The fraction of sp³-hybridized carbons (Fsp3) is 0.308. The number of nitrogens with one attached hydrogen (secondary N) is 1. The van der Waals surface area contributed by atoms with Crippen molar-refractivity contribution >= 4 is 5.52 Å². The number of nitrogens with two attached hydrogens (primary N) is 1. The number of allylic oxidation sites excluding steroid dienone is 1. The quantitative estimate of drug-likeness (QED) is 0.470. The second-order valence-electron chi connectivity index (χ2n) is 4.35. The van der Waals surface area contributed by atoms with Gasteiger partial charge in [-0.15, -0.1) is 6.58 Å². The predicted octanol–water partition coefficient (Wildman–Crippen LogP) is 2.20. The highest BCUT2D eigenvalue weighted by molar-refractivity contribution is 5.54. The van der Waals surface area contributed by atoms with Crippen molar-refractivity contribution in [3.63, 3.8) is 0 Å². The second kappa shape index (κ2) is 5.12. The molecule has 4 heteroatoms. The van der Waals surface area contributed by atoms with E-state index in [2.05, 4.69) is 17.1 Å². The molecule has 0 saturated heterocycles. The Morgan fingerprint density at radius 2 is 2.41 bits per heavy atom. The molecule has 2 rings (SSSR count). The maximum Gasteiger partial charge on any atom is 0.0709 e. The van der Waals surface area contributed by atoms with Crippen molar-refractivity contribution in [3.8, 4) is 0 Å². The van der Waals surface area contributed by atoms with Crippen molar-refractivity contribution in [3.05, 3.63) is 48.3 Å². The van der Waals surface area contributed by atoms with E-state index < -0.39 is 0 Å². The summed E-state index contributed by atoms with van der Waals surface area (Å²) in [6.45, 7) is 5.95. The third-order valence-electron chi connectivity index (χ3n) is 2.89. The molecule has 0 aliphatic heterocycles. The Morgan fingerprint density at radius 3 is 3.12 bits per heavy atom. The third kappa shape index (κ3) is 2.54. The first-order valence-electron chi connectivity index (χ1n) is 5.75. The fourth-order valence-electron chi connectivity index (χ4n) is 1.94. The van der Waals surface area contributed by atoms with Gasteiger partial charge in [-0.05, 0) is 31.9 Å². The van der Waals surface area contributed by atoms with Gasteiger partial charge in [0.25, 0.3) is 0 Å². The van der Waals surface area contributed by atoms with Gasteiger partial charge in [0.15, 0.2) is 0 Å². The van der Waals surface area contributed by atoms with E-state index in [0.717, 1.165) is 23.9 Å². The van der Waals surface area contributed by atoms with E-state index in [4.69, 9.17) is 5.84 Å². The lowest BCUT2D eigenvalue weighted by Gasteiger charge is -2.14. The van der Waals surface area contributed by atoms with Crippen LogP contribution in [0.2, 0.25) is 0 Å². The van der Waals surface area contributed by atoms with E-state index in [0.29, 0.717) is 0 Å². The molecule has 2 heterocycles. The van der Waals surface area contributed by atoms with Gasteiger partial charge in [0.1, 0.15) is 0 Å². The van der Waals surface area contributed by atoms with Crippen LogP contribution in [-0.2, 0) is 0 Å². The normalized spacial score (nSPS) is 12.8. The molecule has 0 radical (unpaired) electrons. The van der Waals surface area contributed by atoms with E-state index in [1.54, 1.807) is 0 Å². The molecule has 1 atom stereocenters. The lowest BCUT2D eigenvalue weighted by Crippen LogP contribution is -2.27. The Labute approximate surface area is 101 Å². The Hall–Kier alpha value is -1.65.